The lowest BCUT2D eigenvalue weighted by atomic mass is 9.98. The summed E-state index contributed by atoms with van der Waals surface area (Å²) >= 11 is 0. The Bertz CT molecular complexity index is 999. The van der Waals surface area contributed by atoms with Crippen molar-refractivity contribution in [3.63, 3.8) is 0 Å². The van der Waals surface area contributed by atoms with E-state index in [-0.39, 0.29) is 30.6 Å². The number of alkyl carbamates (subject to hydrolysis) is 1. The van der Waals surface area contributed by atoms with Crippen LogP contribution in [0.15, 0.2) is 60.2 Å². The molecule has 1 unspecified atom stereocenters. The van der Waals surface area contributed by atoms with Gasteiger partial charge in [0.1, 0.15) is 12.6 Å². The molecular weight excluding hydrogens is 408 g/mol. The first-order valence-electron chi connectivity index (χ1n) is 10.6. The standard InChI is InChI=1S/C25H28N2O5/c1-15(2)22(23(28)26-13-12-16(3)24(29)30)27-25(31)32-14-21-19-10-6-4-8-17(19)18-9-5-7-11-20(18)21/h4-12,15,21-22H,13-14H2,1-3H3,(H,26,28)(H,27,31)(H,29,30)/b16-12+. The largest absolute Gasteiger partial charge is 0.478 e. The highest BCUT2D eigenvalue weighted by Gasteiger charge is 2.30. The number of hydrogen-bond acceptors (Lipinski definition) is 4. The molecule has 1 aliphatic carbocycles. The molecule has 0 aliphatic heterocycles. The molecule has 0 saturated heterocycles. The molecule has 32 heavy (non-hydrogen) atoms. The number of carboxylic acids is 1. The molecule has 1 aliphatic rings. The maximum absolute atomic E-state index is 12.5. The third-order valence-electron chi connectivity index (χ3n) is 5.59. The Kier molecular flexibility index (Phi) is 7.30. The molecule has 2 aromatic rings. The van der Waals surface area contributed by atoms with E-state index in [9.17, 15) is 14.4 Å². The molecule has 0 fully saturated rings. The third-order valence-corrected chi connectivity index (χ3v) is 5.59. The molecule has 0 aromatic heterocycles. The van der Waals surface area contributed by atoms with Gasteiger partial charge in [0.15, 0.2) is 0 Å². The molecule has 0 bridgehead atoms. The molecule has 0 spiro atoms. The number of carboxylic acid groups (broad SMARTS) is 1. The molecule has 1 atom stereocenters. The molecule has 3 rings (SSSR count). The summed E-state index contributed by atoms with van der Waals surface area (Å²) in [6.45, 7) is 5.29. The van der Waals surface area contributed by atoms with Gasteiger partial charge in [-0.15, -0.1) is 0 Å². The Hall–Kier alpha value is -3.61. The van der Waals surface area contributed by atoms with Crippen molar-refractivity contribution in [3.8, 4) is 11.1 Å². The first-order chi connectivity index (χ1) is 15.3. The summed E-state index contributed by atoms with van der Waals surface area (Å²) in [6.07, 6.45) is 0.739. The second-order valence-electron chi connectivity index (χ2n) is 8.13. The molecule has 0 radical (unpaired) electrons. The Morgan fingerprint density at radius 2 is 1.59 bits per heavy atom. The SMILES string of the molecule is C/C(=C\CNC(=O)C(NC(=O)OCC1c2ccccc2-c2ccccc21)C(C)C)C(=O)O. The van der Waals surface area contributed by atoms with Crippen LogP contribution in [-0.4, -0.2) is 42.3 Å². The van der Waals surface area contributed by atoms with Crippen LogP contribution < -0.4 is 10.6 Å². The number of carbonyl (C=O) groups excluding carboxylic acids is 2. The molecule has 0 heterocycles. The molecule has 3 N–H and O–H groups in total. The lowest BCUT2D eigenvalue weighted by molar-refractivity contribution is -0.132. The predicted molar refractivity (Wildman–Crippen MR) is 121 cm³/mol. The van der Waals surface area contributed by atoms with E-state index in [4.69, 9.17) is 9.84 Å². The van der Waals surface area contributed by atoms with Crippen molar-refractivity contribution >= 4 is 18.0 Å². The number of hydrogen-bond donors (Lipinski definition) is 3. The van der Waals surface area contributed by atoms with Crippen molar-refractivity contribution in [2.24, 2.45) is 5.92 Å². The fourth-order valence-corrected chi connectivity index (χ4v) is 3.80. The van der Waals surface area contributed by atoms with E-state index in [1.54, 1.807) is 0 Å². The summed E-state index contributed by atoms with van der Waals surface area (Å²) in [5.41, 5.74) is 4.64. The Morgan fingerprint density at radius 1 is 1.03 bits per heavy atom. The summed E-state index contributed by atoms with van der Waals surface area (Å²) in [5, 5.41) is 14.1. The number of nitrogens with one attached hydrogen (secondary N) is 2. The van der Waals surface area contributed by atoms with Crippen LogP contribution in [0.3, 0.4) is 0 Å². The van der Waals surface area contributed by atoms with Crippen LogP contribution >= 0.6 is 0 Å². The average Bonchev–Trinajstić information content (AvgIpc) is 3.09. The Labute approximate surface area is 187 Å². The zero-order chi connectivity index (χ0) is 23.3. The fraction of sp³-hybridized carbons (Fsp3) is 0.320. The maximum Gasteiger partial charge on any atom is 0.407 e. The highest BCUT2D eigenvalue weighted by molar-refractivity contribution is 5.87. The van der Waals surface area contributed by atoms with E-state index in [0.717, 1.165) is 22.3 Å². The van der Waals surface area contributed by atoms with Crippen LogP contribution in [0, 0.1) is 5.92 Å². The monoisotopic (exact) mass is 436 g/mol. The second-order valence-corrected chi connectivity index (χ2v) is 8.13. The number of benzene rings is 2. The minimum atomic E-state index is -1.04. The van der Waals surface area contributed by atoms with E-state index in [0.29, 0.717) is 0 Å². The molecular formula is C25H28N2O5. The van der Waals surface area contributed by atoms with Gasteiger partial charge in [-0.1, -0.05) is 68.5 Å². The minimum absolute atomic E-state index is 0.0621. The van der Waals surface area contributed by atoms with Gasteiger partial charge in [-0.05, 0) is 35.1 Å². The minimum Gasteiger partial charge on any atom is -0.478 e. The van der Waals surface area contributed by atoms with Gasteiger partial charge in [-0.2, -0.15) is 0 Å². The first kappa shape index (κ1) is 23.1. The van der Waals surface area contributed by atoms with Gasteiger partial charge in [-0.3, -0.25) is 4.79 Å². The zero-order valence-electron chi connectivity index (χ0n) is 18.4. The lowest BCUT2D eigenvalue weighted by Gasteiger charge is -2.22. The quantitative estimate of drug-likeness (QED) is 0.548. The summed E-state index contributed by atoms with van der Waals surface area (Å²) < 4.78 is 5.52. The van der Waals surface area contributed by atoms with Crippen molar-refractivity contribution < 1.29 is 24.2 Å². The van der Waals surface area contributed by atoms with Crippen molar-refractivity contribution in [3.05, 3.63) is 71.3 Å². The predicted octanol–water partition coefficient (Wildman–Crippen LogP) is 3.70. The highest BCUT2D eigenvalue weighted by atomic mass is 16.5. The van der Waals surface area contributed by atoms with Crippen LogP contribution in [0.2, 0.25) is 0 Å². The van der Waals surface area contributed by atoms with E-state index in [2.05, 4.69) is 22.8 Å². The number of ether oxygens (including phenoxy) is 1. The smallest absolute Gasteiger partial charge is 0.407 e. The molecule has 168 valence electrons. The number of rotatable bonds is 8. The molecule has 2 aromatic carbocycles. The average molecular weight is 437 g/mol. The van der Waals surface area contributed by atoms with Crippen molar-refractivity contribution in [2.75, 3.05) is 13.2 Å². The number of aliphatic carboxylic acids is 1. The number of amides is 2. The molecule has 7 nitrogen and oxygen atoms in total. The van der Waals surface area contributed by atoms with Crippen LogP contribution in [0.1, 0.15) is 37.8 Å². The Morgan fingerprint density at radius 3 is 2.12 bits per heavy atom. The van der Waals surface area contributed by atoms with Crippen molar-refractivity contribution in [1.29, 1.82) is 0 Å². The van der Waals surface area contributed by atoms with Crippen molar-refractivity contribution in [2.45, 2.75) is 32.7 Å². The Balaban J connectivity index is 1.61. The van der Waals surface area contributed by atoms with Crippen LogP contribution in [-0.2, 0) is 14.3 Å². The summed E-state index contributed by atoms with van der Waals surface area (Å²) in [5.74, 6) is -1.69. The number of carbonyl (C=O) groups is 3. The van der Waals surface area contributed by atoms with Crippen molar-refractivity contribution in [1.82, 2.24) is 10.6 Å². The van der Waals surface area contributed by atoms with E-state index in [1.807, 2.05) is 50.2 Å². The van der Waals surface area contributed by atoms with E-state index < -0.39 is 24.0 Å². The zero-order valence-corrected chi connectivity index (χ0v) is 18.4. The van der Waals surface area contributed by atoms with E-state index in [1.165, 1.54) is 13.0 Å². The van der Waals surface area contributed by atoms with Crippen LogP contribution in [0.4, 0.5) is 4.79 Å². The van der Waals surface area contributed by atoms with Crippen LogP contribution in [0.5, 0.6) is 0 Å². The summed E-state index contributed by atoms with van der Waals surface area (Å²) in [4.78, 5) is 35.9. The first-order valence-corrected chi connectivity index (χ1v) is 10.6. The molecule has 7 heteroatoms. The van der Waals surface area contributed by atoms with Gasteiger partial charge in [-0.25, -0.2) is 9.59 Å². The molecule has 2 amide bonds. The normalized spacial score (nSPS) is 13.8. The third kappa shape index (κ3) is 5.17. The second kappa shape index (κ2) is 10.1. The van der Waals surface area contributed by atoms with Gasteiger partial charge in [0.25, 0.3) is 0 Å². The lowest BCUT2D eigenvalue weighted by Crippen LogP contribution is -2.50. The number of fused-ring (bicyclic) bond motifs is 3. The summed E-state index contributed by atoms with van der Waals surface area (Å²) in [6, 6.07) is 15.3. The maximum atomic E-state index is 12.5. The summed E-state index contributed by atoms with van der Waals surface area (Å²) in [7, 11) is 0. The molecule has 0 saturated carbocycles. The van der Waals surface area contributed by atoms with E-state index >= 15 is 0 Å². The van der Waals surface area contributed by atoms with Gasteiger partial charge in [0.05, 0.1) is 0 Å². The van der Waals surface area contributed by atoms with Gasteiger partial charge in [0, 0.05) is 18.0 Å². The highest BCUT2D eigenvalue weighted by Crippen LogP contribution is 2.44. The van der Waals surface area contributed by atoms with Crippen LogP contribution in [0.25, 0.3) is 11.1 Å². The van der Waals surface area contributed by atoms with Gasteiger partial charge >= 0.3 is 12.1 Å². The van der Waals surface area contributed by atoms with Gasteiger partial charge < -0.3 is 20.5 Å². The fourth-order valence-electron chi connectivity index (χ4n) is 3.80. The van der Waals surface area contributed by atoms with Gasteiger partial charge in [0.2, 0.25) is 5.91 Å². The topological polar surface area (TPSA) is 105 Å².